The Balaban J connectivity index is 2.73. The average Bonchev–Trinajstić information content (AvgIpc) is 2.10. The van der Waals surface area contributed by atoms with Gasteiger partial charge in [0, 0.05) is 0 Å². The van der Waals surface area contributed by atoms with Crippen LogP contribution < -0.4 is 0 Å². The van der Waals surface area contributed by atoms with E-state index in [9.17, 15) is 0 Å². The lowest BCUT2D eigenvalue weighted by Gasteiger charge is -2.02. The summed E-state index contributed by atoms with van der Waals surface area (Å²) in [6, 6.07) is 0. The molecule has 0 saturated heterocycles. The number of hydrogen-bond donors (Lipinski definition) is 0. The summed E-state index contributed by atoms with van der Waals surface area (Å²) in [4.78, 5) is 0. The minimum atomic E-state index is 0.516. The maximum absolute atomic E-state index is 5.11. The van der Waals surface area contributed by atoms with E-state index in [0.29, 0.717) is 39.6 Å². The molecule has 0 aliphatic carbocycles. The Morgan fingerprint density at radius 2 is 0.917 bits per heavy atom. The van der Waals surface area contributed by atoms with Gasteiger partial charge >= 0.3 is 0 Å². The molecule has 0 rings (SSSR count). The molecule has 0 aromatic heterocycles. The summed E-state index contributed by atoms with van der Waals surface area (Å²) in [5.41, 5.74) is 0. The second kappa shape index (κ2) is 10.6. The van der Waals surface area contributed by atoms with Gasteiger partial charge in [0.05, 0.1) is 26.4 Å². The van der Waals surface area contributed by atoms with Crippen molar-refractivity contribution in [1.82, 2.24) is 0 Å². The Bertz CT molecular complexity index is 67.5. The highest BCUT2D eigenvalue weighted by atomic mass is 16.5. The number of rotatable bonds is 9. The van der Waals surface area contributed by atoms with Crippen LogP contribution in [0.25, 0.3) is 0 Å². The van der Waals surface area contributed by atoms with Gasteiger partial charge in [0.1, 0.15) is 13.2 Å². The first-order valence-electron chi connectivity index (χ1n) is 3.81. The first-order valence-corrected chi connectivity index (χ1v) is 3.81. The van der Waals surface area contributed by atoms with E-state index in [0.717, 1.165) is 0 Å². The maximum Gasteiger partial charge on any atom is 0.213 e. The lowest BCUT2D eigenvalue weighted by atomic mass is 10.7. The zero-order valence-electron chi connectivity index (χ0n) is 7.29. The molecule has 0 aromatic carbocycles. The van der Waals surface area contributed by atoms with E-state index in [4.69, 9.17) is 9.47 Å². The second-order valence-corrected chi connectivity index (χ2v) is 2.04. The monoisotopic (exact) mass is 176 g/mol. The molecule has 0 N–H and O–H groups in total. The lowest BCUT2D eigenvalue weighted by Crippen LogP contribution is -2.10. The molecule has 0 radical (unpaired) electrons. The quantitative estimate of drug-likeness (QED) is 0.381. The van der Waals surface area contributed by atoms with Crippen molar-refractivity contribution in [3.05, 3.63) is 14.2 Å². The van der Waals surface area contributed by atoms with Crippen LogP contribution in [-0.2, 0) is 18.9 Å². The Labute approximate surface area is 73.7 Å². The molecule has 0 aliphatic heterocycles. The zero-order chi connectivity index (χ0) is 9.07. The predicted molar refractivity (Wildman–Crippen MR) is 44.3 cm³/mol. The molecule has 4 nitrogen and oxygen atoms in total. The van der Waals surface area contributed by atoms with E-state index in [1.54, 1.807) is 0 Å². The highest BCUT2D eigenvalue weighted by molar-refractivity contribution is 4.33. The maximum atomic E-state index is 5.11. The molecule has 12 heavy (non-hydrogen) atoms. The summed E-state index contributed by atoms with van der Waals surface area (Å²) in [6.45, 7) is 3.28. The topological polar surface area (TPSA) is 36.9 Å². The van der Waals surface area contributed by atoms with Crippen molar-refractivity contribution < 1.29 is 18.9 Å². The third-order valence-electron chi connectivity index (χ3n) is 1.12. The van der Waals surface area contributed by atoms with Gasteiger partial charge < -0.3 is 9.47 Å². The van der Waals surface area contributed by atoms with Gasteiger partial charge in [-0.25, -0.2) is 0 Å². The summed E-state index contributed by atoms with van der Waals surface area (Å²) in [5, 5.41) is 0. The van der Waals surface area contributed by atoms with Crippen LogP contribution in [0, 0.1) is 14.2 Å². The van der Waals surface area contributed by atoms with Gasteiger partial charge in [-0.05, 0) is 0 Å². The Kier molecular flexibility index (Phi) is 10.2. The smallest absolute Gasteiger partial charge is 0.213 e. The van der Waals surface area contributed by atoms with E-state index in [1.165, 1.54) is 0 Å². The Morgan fingerprint density at radius 3 is 1.25 bits per heavy atom. The minimum Gasteiger partial charge on any atom is -0.376 e. The van der Waals surface area contributed by atoms with Gasteiger partial charge in [-0.2, -0.15) is 9.47 Å². The van der Waals surface area contributed by atoms with Crippen LogP contribution in [0.3, 0.4) is 0 Å². The molecule has 0 atom stereocenters. The SMILES string of the molecule is [CH2+]OCCOCCOCCO[CH2+]. The van der Waals surface area contributed by atoms with E-state index in [2.05, 4.69) is 23.7 Å². The molecule has 4 heteroatoms. The molecule has 0 heterocycles. The molecule has 0 bridgehead atoms. The molecule has 0 saturated carbocycles. The summed E-state index contributed by atoms with van der Waals surface area (Å²) >= 11 is 0. The van der Waals surface area contributed by atoms with Crippen LogP contribution in [0.2, 0.25) is 0 Å². The van der Waals surface area contributed by atoms with Gasteiger partial charge in [0.25, 0.3) is 0 Å². The lowest BCUT2D eigenvalue weighted by molar-refractivity contribution is 0.0174. The largest absolute Gasteiger partial charge is 0.376 e. The fourth-order valence-electron chi connectivity index (χ4n) is 0.558. The predicted octanol–water partition coefficient (Wildman–Crippen LogP) is 0.636. The van der Waals surface area contributed by atoms with Crippen LogP contribution in [0.5, 0.6) is 0 Å². The van der Waals surface area contributed by atoms with E-state index in [1.807, 2.05) is 0 Å². The third-order valence-corrected chi connectivity index (χ3v) is 1.12. The zero-order valence-corrected chi connectivity index (χ0v) is 7.29. The van der Waals surface area contributed by atoms with Crippen molar-refractivity contribution in [1.29, 1.82) is 0 Å². The Hall–Kier alpha value is -0.420. The fourth-order valence-corrected chi connectivity index (χ4v) is 0.558. The van der Waals surface area contributed by atoms with Crippen LogP contribution >= 0.6 is 0 Å². The highest BCUT2D eigenvalue weighted by Crippen LogP contribution is 1.80. The van der Waals surface area contributed by atoms with Gasteiger partial charge in [-0.1, -0.05) is 0 Å². The van der Waals surface area contributed by atoms with Crippen molar-refractivity contribution >= 4 is 0 Å². The van der Waals surface area contributed by atoms with Gasteiger partial charge in [-0.3, -0.25) is 0 Å². The van der Waals surface area contributed by atoms with E-state index < -0.39 is 0 Å². The minimum absolute atomic E-state index is 0.516. The standard InChI is InChI=1S/C8H16O4/c1-9-3-5-11-7-8-12-6-4-10-2/h1-8H2/q+2. The molecule has 0 spiro atoms. The van der Waals surface area contributed by atoms with Crippen molar-refractivity contribution in [3.63, 3.8) is 0 Å². The molecular formula is C8H16O4+2. The van der Waals surface area contributed by atoms with Crippen molar-refractivity contribution in [3.8, 4) is 0 Å². The molecule has 70 valence electrons. The average molecular weight is 176 g/mol. The van der Waals surface area contributed by atoms with Gasteiger partial charge in [-0.15, -0.1) is 0 Å². The molecule has 0 unspecified atom stereocenters. The van der Waals surface area contributed by atoms with Crippen LogP contribution in [-0.4, -0.2) is 39.6 Å². The first kappa shape index (κ1) is 11.6. The molecule has 0 amide bonds. The molecule has 0 aromatic rings. The van der Waals surface area contributed by atoms with E-state index in [-0.39, 0.29) is 0 Å². The van der Waals surface area contributed by atoms with Crippen molar-refractivity contribution in [2.45, 2.75) is 0 Å². The summed E-state index contributed by atoms with van der Waals surface area (Å²) in [7, 11) is 6.42. The molecule has 0 aliphatic rings. The van der Waals surface area contributed by atoms with Crippen molar-refractivity contribution in [2.75, 3.05) is 39.6 Å². The highest BCUT2D eigenvalue weighted by Gasteiger charge is 1.91. The second-order valence-electron chi connectivity index (χ2n) is 2.04. The molecular weight excluding hydrogens is 160 g/mol. The first-order chi connectivity index (χ1) is 5.91. The van der Waals surface area contributed by atoms with Crippen LogP contribution in [0.1, 0.15) is 0 Å². The van der Waals surface area contributed by atoms with E-state index >= 15 is 0 Å². The fraction of sp³-hybridized carbons (Fsp3) is 0.750. The number of ether oxygens (including phenoxy) is 4. The Morgan fingerprint density at radius 1 is 0.583 bits per heavy atom. The van der Waals surface area contributed by atoms with Gasteiger partial charge in [0.15, 0.2) is 0 Å². The van der Waals surface area contributed by atoms with Crippen LogP contribution in [0.4, 0.5) is 0 Å². The number of hydrogen-bond acceptors (Lipinski definition) is 4. The third kappa shape index (κ3) is 9.58. The normalized spacial score (nSPS) is 10.3. The summed E-state index contributed by atoms with van der Waals surface area (Å²) in [6.07, 6.45) is 0. The van der Waals surface area contributed by atoms with Gasteiger partial charge in [0.2, 0.25) is 14.2 Å². The summed E-state index contributed by atoms with van der Waals surface area (Å²) < 4.78 is 19.3. The molecule has 0 fully saturated rings. The van der Waals surface area contributed by atoms with Crippen LogP contribution in [0.15, 0.2) is 0 Å². The van der Waals surface area contributed by atoms with Crippen molar-refractivity contribution in [2.24, 2.45) is 0 Å². The summed E-state index contributed by atoms with van der Waals surface area (Å²) in [5.74, 6) is 0.